The van der Waals surface area contributed by atoms with Crippen LogP contribution < -0.4 is 0 Å². The van der Waals surface area contributed by atoms with Gasteiger partial charge in [0.2, 0.25) is 0 Å². The Morgan fingerprint density at radius 2 is 1.80 bits per heavy atom. The van der Waals surface area contributed by atoms with Crippen molar-refractivity contribution < 1.29 is 30.6 Å². The summed E-state index contributed by atoms with van der Waals surface area (Å²) < 4.78 is 63.8. The molecule has 2 aliphatic carbocycles. The van der Waals surface area contributed by atoms with Crippen LogP contribution in [0.2, 0.25) is 0 Å². The van der Waals surface area contributed by atoms with E-state index in [2.05, 4.69) is 4.18 Å². The number of alkyl halides is 3. The second-order valence-electron chi connectivity index (χ2n) is 5.16. The van der Waals surface area contributed by atoms with E-state index >= 15 is 0 Å². The third-order valence-electron chi connectivity index (χ3n) is 3.88. The van der Waals surface area contributed by atoms with Crippen LogP contribution in [0.5, 0.6) is 0 Å². The molecule has 0 aliphatic heterocycles. The minimum atomic E-state index is -5.72. The lowest BCUT2D eigenvalue weighted by atomic mass is 9.66. The Kier molecular flexibility index (Phi) is 3.88. The van der Waals surface area contributed by atoms with Gasteiger partial charge in [0.05, 0.1) is 5.41 Å². The zero-order valence-corrected chi connectivity index (χ0v) is 11.5. The Morgan fingerprint density at radius 1 is 1.15 bits per heavy atom. The van der Waals surface area contributed by atoms with E-state index in [1.807, 2.05) is 0 Å². The van der Waals surface area contributed by atoms with Crippen LogP contribution in [0.4, 0.5) is 13.2 Å². The van der Waals surface area contributed by atoms with Gasteiger partial charge in [0, 0.05) is 6.42 Å². The summed E-state index contributed by atoms with van der Waals surface area (Å²) in [6, 6.07) is 0. The van der Waals surface area contributed by atoms with E-state index in [1.54, 1.807) is 0 Å². The molecule has 114 valence electrons. The van der Waals surface area contributed by atoms with Crippen molar-refractivity contribution in [2.24, 2.45) is 5.41 Å². The fourth-order valence-corrected chi connectivity index (χ4v) is 3.41. The van der Waals surface area contributed by atoms with Crippen LogP contribution in [0.15, 0.2) is 11.8 Å². The molecular weight excluding hydrogens is 297 g/mol. The summed E-state index contributed by atoms with van der Waals surface area (Å²) in [5.74, 6) is -0.544. The van der Waals surface area contributed by atoms with Gasteiger partial charge in [-0.2, -0.15) is 21.6 Å². The first-order chi connectivity index (χ1) is 9.19. The molecule has 1 atom stereocenters. The molecule has 0 amide bonds. The lowest BCUT2D eigenvalue weighted by Gasteiger charge is -2.39. The third-order valence-corrected chi connectivity index (χ3v) is 4.85. The first-order valence-corrected chi connectivity index (χ1v) is 7.85. The number of rotatable bonds is 2. The van der Waals surface area contributed by atoms with Crippen molar-refractivity contribution in [3.8, 4) is 0 Å². The number of carbonyl (C=O) groups is 1. The number of hydrogen-bond donors (Lipinski definition) is 0. The van der Waals surface area contributed by atoms with E-state index in [0.717, 1.165) is 0 Å². The zero-order valence-electron chi connectivity index (χ0n) is 10.7. The summed E-state index contributed by atoms with van der Waals surface area (Å²) in [5.41, 5.74) is -6.65. The van der Waals surface area contributed by atoms with Crippen molar-refractivity contribution in [2.75, 3.05) is 0 Å². The Hall–Kier alpha value is -1.05. The van der Waals surface area contributed by atoms with Crippen LogP contribution >= 0.6 is 0 Å². The molecule has 1 fully saturated rings. The summed E-state index contributed by atoms with van der Waals surface area (Å²) in [5, 5.41) is 0. The summed E-state index contributed by atoms with van der Waals surface area (Å²) in [4.78, 5) is 12.1. The summed E-state index contributed by atoms with van der Waals surface area (Å²) in [7, 11) is -5.72. The Bertz CT molecular complexity index is 535. The molecule has 0 radical (unpaired) electrons. The normalized spacial score (nSPS) is 28.4. The highest BCUT2D eigenvalue weighted by Gasteiger charge is 2.53. The van der Waals surface area contributed by atoms with Gasteiger partial charge in [-0.1, -0.05) is 6.42 Å². The van der Waals surface area contributed by atoms with Crippen LogP contribution in [-0.4, -0.2) is 19.7 Å². The van der Waals surface area contributed by atoms with Gasteiger partial charge in [0.1, 0.15) is 11.5 Å². The van der Waals surface area contributed by atoms with Gasteiger partial charge in [-0.15, -0.1) is 0 Å². The molecule has 1 saturated carbocycles. The first-order valence-electron chi connectivity index (χ1n) is 6.44. The van der Waals surface area contributed by atoms with Crippen LogP contribution in [0.3, 0.4) is 0 Å². The third kappa shape index (κ3) is 2.57. The molecular formula is C12H15F3O4S. The van der Waals surface area contributed by atoms with Crippen molar-refractivity contribution >= 4 is 15.9 Å². The zero-order chi connectivity index (χ0) is 15.0. The molecule has 0 N–H and O–H groups in total. The Labute approximate surface area is 115 Å². The lowest BCUT2D eigenvalue weighted by Crippen LogP contribution is -2.40. The molecule has 1 unspecified atom stereocenters. The van der Waals surface area contributed by atoms with Crippen molar-refractivity contribution in [3.05, 3.63) is 11.8 Å². The molecule has 8 heteroatoms. The number of ketones is 1. The fourth-order valence-electron chi connectivity index (χ4n) is 2.85. The topological polar surface area (TPSA) is 60.4 Å². The van der Waals surface area contributed by atoms with Crippen LogP contribution in [0.1, 0.15) is 44.9 Å². The molecule has 20 heavy (non-hydrogen) atoms. The highest BCUT2D eigenvalue weighted by atomic mass is 32.2. The molecule has 1 spiro atoms. The smallest absolute Gasteiger partial charge is 0.380 e. The van der Waals surface area contributed by atoms with Gasteiger partial charge < -0.3 is 4.18 Å². The average Bonchev–Trinajstić information content (AvgIpc) is 2.34. The van der Waals surface area contributed by atoms with E-state index in [9.17, 15) is 26.4 Å². The molecule has 0 aromatic rings. The second-order valence-corrected chi connectivity index (χ2v) is 6.69. The average molecular weight is 312 g/mol. The van der Waals surface area contributed by atoms with Gasteiger partial charge >= 0.3 is 15.6 Å². The maximum absolute atomic E-state index is 12.4. The van der Waals surface area contributed by atoms with Crippen LogP contribution in [0.25, 0.3) is 0 Å². The van der Waals surface area contributed by atoms with E-state index in [0.29, 0.717) is 38.5 Å². The molecule has 0 saturated heterocycles. The number of Topliss-reactive ketones (excluding diaryl/α,β-unsaturated/α-hetero) is 1. The van der Waals surface area contributed by atoms with Crippen molar-refractivity contribution in [1.29, 1.82) is 0 Å². The molecule has 4 nitrogen and oxygen atoms in total. The summed E-state index contributed by atoms with van der Waals surface area (Å²) >= 11 is 0. The largest absolute Gasteiger partial charge is 0.534 e. The number of carbonyl (C=O) groups excluding carboxylic acids is 1. The Morgan fingerprint density at radius 3 is 2.40 bits per heavy atom. The van der Waals surface area contributed by atoms with E-state index in [-0.39, 0.29) is 18.0 Å². The minimum absolute atomic E-state index is 0.216. The molecule has 0 heterocycles. The number of hydrogen-bond acceptors (Lipinski definition) is 4. The minimum Gasteiger partial charge on any atom is -0.380 e. The van der Waals surface area contributed by atoms with E-state index in [1.165, 1.54) is 6.08 Å². The monoisotopic (exact) mass is 312 g/mol. The number of allylic oxidation sites excluding steroid dienone is 2. The van der Waals surface area contributed by atoms with E-state index < -0.39 is 21.0 Å². The molecule has 0 aromatic carbocycles. The highest BCUT2D eigenvalue weighted by Crippen LogP contribution is 2.48. The van der Waals surface area contributed by atoms with Crippen LogP contribution in [0, 0.1) is 5.41 Å². The maximum atomic E-state index is 12.4. The summed E-state index contributed by atoms with van der Waals surface area (Å²) in [6.07, 6.45) is 4.69. The van der Waals surface area contributed by atoms with Crippen molar-refractivity contribution in [3.63, 3.8) is 0 Å². The predicted octanol–water partition coefficient (Wildman–Crippen LogP) is 3.05. The van der Waals surface area contributed by atoms with Crippen molar-refractivity contribution in [2.45, 2.75) is 50.5 Å². The van der Waals surface area contributed by atoms with Gasteiger partial charge in [0.15, 0.2) is 0 Å². The van der Waals surface area contributed by atoms with Crippen molar-refractivity contribution in [1.82, 2.24) is 0 Å². The standard InChI is InChI=1S/C12H15F3O4S/c13-12(14,15)20(17,18)19-10-6-2-4-8-11(10)7-3-1-5-9(11)16/h6H,1-5,7-8H2. The second kappa shape index (κ2) is 5.05. The van der Waals surface area contributed by atoms with Gasteiger partial charge in [0.25, 0.3) is 0 Å². The summed E-state index contributed by atoms with van der Waals surface area (Å²) in [6.45, 7) is 0. The first kappa shape index (κ1) is 15.3. The SMILES string of the molecule is O=C1CCCCC12CCCC=C2OS(=O)(=O)C(F)(F)F. The number of halogens is 3. The highest BCUT2D eigenvalue weighted by molar-refractivity contribution is 7.87. The predicted molar refractivity (Wildman–Crippen MR) is 63.9 cm³/mol. The Balaban J connectivity index is 2.34. The van der Waals surface area contributed by atoms with Crippen LogP contribution in [-0.2, 0) is 19.1 Å². The molecule has 2 rings (SSSR count). The van der Waals surface area contributed by atoms with Gasteiger partial charge in [-0.05, 0) is 38.2 Å². The fraction of sp³-hybridized carbons (Fsp3) is 0.750. The van der Waals surface area contributed by atoms with E-state index in [4.69, 9.17) is 0 Å². The van der Waals surface area contributed by atoms with Gasteiger partial charge in [-0.25, -0.2) is 0 Å². The molecule has 0 aromatic heterocycles. The molecule has 2 aliphatic rings. The maximum Gasteiger partial charge on any atom is 0.534 e. The molecule has 0 bridgehead atoms. The quantitative estimate of drug-likeness (QED) is 0.581. The lowest BCUT2D eigenvalue weighted by molar-refractivity contribution is -0.131. The van der Waals surface area contributed by atoms with Gasteiger partial charge in [-0.3, -0.25) is 4.79 Å².